The molecule has 49 heavy (non-hydrogen) atoms. The number of carbonyl (C=O) groups is 2. The third-order valence-electron chi connectivity index (χ3n) is 8.87. The largest absolute Gasteiger partial charge is 0.508 e. The smallest absolute Gasteiger partial charge is 0.340 e. The Balaban J connectivity index is 0.904. The zero-order valence-electron chi connectivity index (χ0n) is 26.1. The number of thiocarbonyl (C=S) groups is 1. The highest BCUT2D eigenvalue weighted by molar-refractivity contribution is 7.80. The van der Waals surface area contributed by atoms with Crippen molar-refractivity contribution < 1.29 is 34.0 Å². The van der Waals surface area contributed by atoms with Crippen molar-refractivity contribution in [2.75, 3.05) is 31.6 Å². The molecule has 1 spiro atoms. The molecule has 246 valence electrons. The van der Waals surface area contributed by atoms with E-state index in [4.69, 9.17) is 26.4 Å². The van der Waals surface area contributed by atoms with Crippen LogP contribution in [0.15, 0.2) is 88.8 Å². The number of fused-ring (bicyclic) bond motifs is 7. The third kappa shape index (κ3) is 5.19. The molecule has 0 aliphatic carbocycles. The molecule has 0 radical (unpaired) electrons. The van der Waals surface area contributed by atoms with Crippen LogP contribution >= 0.6 is 12.2 Å². The Morgan fingerprint density at radius 1 is 0.980 bits per heavy atom. The number of nitrogens with one attached hydrogen (secondary N) is 2. The maximum atomic E-state index is 13.4. The van der Waals surface area contributed by atoms with Crippen molar-refractivity contribution in [2.45, 2.75) is 18.6 Å². The topological polar surface area (TPSA) is 154 Å². The summed E-state index contributed by atoms with van der Waals surface area (Å²) in [5, 5.41) is 26.8. The van der Waals surface area contributed by atoms with Gasteiger partial charge in [0.1, 0.15) is 47.2 Å². The Labute approximate surface area is 285 Å². The minimum atomic E-state index is -1.34. The molecule has 0 saturated heterocycles. The summed E-state index contributed by atoms with van der Waals surface area (Å²) in [5.41, 5.74) is 3.04. The number of rotatable bonds is 6. The van der Waals surface area contributed by atoms with E-state index in [2.05, 4.69) is 20.6 Å². The number of ether oxygens (including phenoxy) is 3. The van der Waals surface area contributed by atoms with Crippen molar-refractivity contribution in [1.82, 2.24) is 10.2 Å². The van der Waals surface area contributed by atoms with Crippen molar-refractivity contribution in [1.29, 1.82) is 0 Å². The maximum absolute atomic E-state index is 13.4. The van der Waals surface area contributed by atoms with E-state index in [1.54, 1.807) is 42.2 Å². The lowest BCUT2D eigenvalue weighted by Gasteiger charge is -2.36. The fourth-order valence-electron chi connectivity index (χ4n) is 6.58. The van der Waals surface area contributed by atoms with Gasteiger partial charge in [-0.05, 0) is 85.4 Å². The minimum absolute atomic E-state index is 0.00624. The zero-order chi connectivity index (χ0) is 33.9. The van der Waals surface area contributed by atoms with Crippen molar-refractivity contribution in [3.63, 3.8) is 0 Å². The van der Waals surface area contributed by atoms with Gasteiger partial charge in [-0.1, -0.05) is 6.07 Å². The molecule has 0 aromatic heterocycles. The SMILES string of the molecule is CC1N=C2CN=C(c3ccc(OCCNC(=S)Nc4ccc5c(c4)C(=O)OC54c5ccc(O)cc5Oc5cc(O)ccc54)cc3)CN2C1=O. The molecule has 1 amide bonds. The lowest BCUT2D eigenvalue weighted by atomic mass is 9.77. The monoisotopic (exact) mass is 675 g/mol. The summed E-state index contributed by atoms with van der Waals surface area (Å²) < 4.78 is 18.0. The maximum Gasteiger partial charge on any atom is 0.340 e. The van der Waals surface area contributed by atoms with Gasteiger partial charge < -0.3 is 35.1 Å². The molecule has 4 heterocycles. The van der Waals surface area contributed by atoms with Gasteiger partial charge in [0.15, 0.2) is 10.7 Å². The van der Waals surface area contributed by atoms with Crippen LogP contribution in [-0.4, -0.2) is 75.9 Å². The number of esters is 1. The number of anilines is 1. The Bertz CT molecular complexity index is 2080. The lowest BCUT2D eigenvalue weighted by Crippen LogP contribution is -2.43. The van der Waals surface area contributed by atoms with Gasteiger partial charge in [-0.3, -0.25) is 19.7 Å². The number of benzene rings is 4. The number of hydrogen-bond donors (Lipinski definition) is 4. The Kier molecular flexibility index (Phi) is 7.21. The molecule has 4 aliphatic heterocycles. The first-order valence-electron chi connectivity index (χ1n) is 15.6. The van der Waals surface area contributed by atoms with Crippen LogP contribution in [0.3, 0.4) is 0 Å². The normalized spacial score (nSPS) is 17.9. The molecule has 4 aromatic carbocycles. The molecule has 4 N–H and O–H groups in total. The highest BCUT2D eigenvalue weighted by Gasteiger charge is 2.53. The number of phenolic OH excluding ortho intramolecular Hbond substituents is 2. The van der Waals surface area contributed by atoms with E-state index in [9.17, 15) is 19.8 Å². The molecule has 12 nitrogen and oxygen atoms in total. The molecule has 0 bridgehead atoms. The molecule has 0 fully saturated rings. The predicted molar refractivity (Wildman–Crippen MR) is 184 cm³/mol. The second kappa shape index (κ2) is 11.6. The van der Waals surface area contributed by atoms with Crippen LogP contribution in [-0.2, 0) is 15.1 Å². The van der Waals surface area contributed by atoms with Crippen LogP contribution < -0.4 is 20.1 Å². The number of aromatic hydroxyl groups is 2. The van der Waals surface area contributed by atoms with Gasteiger partial charge >= 0.3 is 5.97 Å². The highest BCUT2D eigenvalue weighted by atomic mass is 32.1. The Hall–Kier alpha value is -5.95. The van der Waals surface area contributed by atoms with E-state index < -0.39 is 11.6 Å². The lowest BCUT2D eigenvalue weighted by molar-refractivity contribution is -0.126. The van der Waals surface area contributed by atoms with E-state index in [1.807, 2.05) is 24.3 Å². The van der Waals surface area contributed by atoms with Crippen LogP contribution in [0, 0.1) is 0 Å². The average Bonchev–Trinajstić information content (AvgIpc) is 3.54. The van der Waals surface area contributed by atoms with Crippen molar-refractivity contribution >= 4 is 46.4 Å². The molecule has 4 aromatic rings. The first-order valence-corrected chi connectivity index (χ1v) is 16.0. The van der Waals surface area contributed by atoms with Gasteiger partial charge in [0.05, 0.1) is 30.9 Å². The number of phenols is 2. The second-order valence-electron chi connectivity index (χ2n) is 12.0. The molecule has 13 heteroatoms. The summed E-state index contributed by atoms with van der Waals surface area (Å²) in [7, 11) is 0. The number of amides is 1. The Morgan fingerprint density at radius 2 is 1.67 bits per heavy atom. The Morgan fingerprint density at radius 3 is 2.39 bits per heavy atom. The third-order valence-corrected chi connectivity index (χ3v) is 9.12. The molecule has 1 atom stereocenters. The van der Waals surface area contributed by atoms with Crippen LogP contribution in [0.4, 0.5) is 5.69 Å². The van der Waals surface area contributed by atoms with Gasteiger partial charge in [0.25, 0.3) is 5.91 Å². The summed E-state index contributed by atoms with van der Waals surface area (Å²) in [4.78, 5) is 36.4. The standard InChI is InChI=1S/C36H29N5O7S/c1-19-33(44)41-18-29(38-17-32(41)39-19)20-2-7-24(8-3-20)46-13-12-37-35(49)40-21-4-9-26-25(14-21)34(45)48-36(26)27-10-5-22(42)15-30(27)47-31-16-23(43)6-11-28(31)36/h2-11,14-16,19,42-43H,12-13,17-18H2,1H3,(H2,37,40,49). The van der Waals surface area contributed by atoms with Crippen molar-refractivity contribution in [3.05, 3.63) is 107 Å². The van der Waals surface area contributed by atoms with E-state index >= 15 is 0 Å². The summed E-state index contributed by atoms with van der Waals surface area (Å²) in [6.45, 7) is 3.37. The first-order chi connectivity index (χ1) is 23.7. The number of aliphatic imine (C=N–C) groups is 2. The van der Waals surface area contributed by atoms with Crippen molar-refractivity contribution in [2.24, 2.45) is 9.98 Å². The minimum Gasteiger partial charge on any atom is -0.508 e. The van der Waals surface area contributed by atoms with E-state index in [0.717, 1.165) is 17.1 Å². The second-order valence-corrected chi connectivity index (χ2v) is 12.4. The highest BCUT2D eigenvalue weighted by Crippen LogP contribution is 2.57. The predicted octanol–water partition coefficient (Wildman–Crippen LogP) is 4.46. The van der Waals surface area contributed by atoms with Gasteiger partial charge in [0, 0.05) is 34.5 Å². The number of hydrogen-bond acceptors (Lipinski definition) is 10. The number of nitrogens with zero attached hydrogens (tertiary/aromatic N) is 3. The summed E-state index contributed by atoms with van der Waals surface area (Å²) >= 11 is 5.50. The van der Waals surface area contributed by atoms with Gasteiger partial charge in [-0.15, -0.1) is 0 Å². The number of amidine groups is 1. The van der Waals surface area contributed by atoms with Crippen LogP contribution in [0.1, 0.15) is 39.5 Å². The van der Waals surface area contributed by atoms with E-state index in [0.29, 0.717) is 76.5 Å². The fraction of sp³-hybridized carbons (Fsp3) is 0.194. The van der Waals surface area contributed by atoms with Gasteiger partial charge in [0.2, 0.25) is 0 Å². The van der Waals surface area contributed by atoms with Gasteiger partial charge in [-0.2, -0.15) is 0 Å². The summed E-state index contributed by atoms with van der Waals surface area (Å²) in [5.74, 6) is 1.48. The fourth-order valence-corrected chi connectivity index (χ4v) is 6.80. The quantitative estimate of drug-likeness (QED) is 0.131. The van der Waals surface area contributed by atoms with E-state index in [1.165, 1.54) is 24.3 Å². The summed E-state index contributed by atoms with van der Waals surface area (Å²) in [6.07, 6.45) is 0. The van der Waals surface area contributed by atoms with Crippen molar-refractivity contribution in [3.8, 4) is 28.7 Å². The average molecular weight is 676 g/mol. The van der Waals surface area contributed by atoms with Crippen LogP contribution in [0.25, 0.3) is 0 Å². The molecular weight excluding hydrogens is 646 g/mol. The van der Waals surface area contributed by atoms with Crippen LogP contribution in [0.5, 0.6) is 28.7 Å². The van der Waals surface area contributed by atoms with Crippen LogP contribution in [0.2, 0.25) is 0 Å². The molecular formula is C36H29N5O7S. The molecule has 4 aliphatic rings. The van der Waals surface area contributed by atoms with Gasteiger partial charge in [-0.25, -0.2) is 4.79 Å². The molecule has 8 rings (SSSR count). The van der Waals surface area contributed by atoms with E-state index in [-0.39, 0.29) is 23.4 Å². The molecule has 1 unspecified atom stereocenters. The number of carbonyl (C=O) groups excluding carboxylic acids is 2. The summed E-state index contributed by atoms with van der Waals surface area (Å²) in [6, 6.07) is 21.8. The molecule has 0 saturated carbocycles. The first kappa shape index (κ1) is 30.4. The zero-order valence-corrected chi connectivity index (χ0v) is 26.9.